The van der Waals surface area contributed by atoms with E-state index in [1.165, 1.54) is 11.1 Å². The fourth-order valence-electron chi connectivity index (χ4n) is 6.37. The highest BCUT2D eigenvalue weighted by Crippen LogP contribution is 2.41. The van der Waals surface area contributed by atoms with E-state index in [1.807, 2.05) is 48.6 Å². The first kappa shape index (κ1) is 40.2. The molecule has 0 bridgehead atoms. The van der Waals surface area contributed by atoms with E-state index in [4.69, 9.17) is 0 Å². The monoisotopic (exact) mass is 698 g/mol. The Labute approximate surface area is 312 Å². The third-order valence-electron chi connectivity index (χ3n) is 9.93. The lowest BCUT2D eigenvalue weighted by Gasteiger charge is -2.31. The molecule has 0 aromatic heterocycles. The zero-order valence-electron chi connectivity index (χ0n) is 33.9. The number of hydrogen-bond acceptors (Lipinski definition) is 6. The molecule has 0 spiro atoms. The number of carbonyl (C=O) groups excluding carboxylic acids is 2. The van der Waals surface area contributed by atoms with Crippen molar-refractivity contribution in [2.24, 2.45) is 42.1 Å². The summed E-state index contributed by atoms with van der Waals surface area (Å²) in [5.41, 5.74) is 7.46. The Morgan fingerprint density at radius 1 is 0.462 bits per heavy atom. The van der Waals surface area contributed by atoms with Crippen LogP contribution >= 0.6 is 0 Å². The molecule has 52 heavy (non-hydrogen) atoms. The smallest absolute Gasteiger partial charge is 0.186 e. The molecule has 2 aromatic rings. The number of allylic oxidation sites excluding steroid dienone is 10. The SMILES string of the molecule is CCC(C)(c1ccc(N=NC=C2C=C(C(C)(C)C)C(=O)C(C(C)(C)C)=C2)cc1)c1ccc(N=NC=C2C=C(C(C)(C)C)C(=O)C(C(C)(C)C)=C2)cc1. The van der Waals surface area contributed by atoms with Gasteiger partial charge in [-0.2, -0.15) is 20.5 Å². The molecule has 0 fully saturated rings. The number of hydrogen-bond donors (Lipinski definition) is 0. The van der Waals surface area contributed by atoms with Crippen molar-refractivity contribution in [3.05, 3.63) is 130 Å². The van der Waals surface area contributed by atoms with Crippen LogP contribution in [0, 0.1) is 21.7 Å². The van der Waals surface area contributed by atoms with Gasteiger partial charge in [0.05, 0.1) is 23.8 Å². The Hall–Kier alpha value is -4.58. The zero-order valence-corrected chi connectivity index (χ0v) is 33.9. The van der Waals surface area contributed by atoms with Gasteiger partial charge in [-0.1, -0.05) is 121 Å². The van der Waals surface area contributed by atoms with Crippen molar-refractivity contribution in [2.75, 3.05) is 0 Å². The predicted molar refractivity (Wildman–Crippen MR) is 215 cm³/mol. The summed E-state index contributed by atoms with van der Waals surface area (Å²) in [6, 6.07) is 16.5. The van der Waals surface area contributed by atoms with Gasteiger partial charge in [0.2, 0.25) is 0 Å². The molecular weight excluding hydrogens is 641 g/mol. The van der Waals surface area contributed by atoms with Crippen molar-refractivity contribution in [3.8, 4) is 0 Å². The lowest BCUT2D eigenvalue weighted by Crippen LogP contribution is -2.27. The number of rotatable bonds is 7. The van der Waals surface area contributed by atoms with E-state index in [2.05, 4.69) is 142 Å². The minimum Gasteiger partial charge on any atom is -0.289 e. The van der Waals surface area contributed by atoms with Gasteiger partial charge >= 0.3 is 0 Å². The second kappa shape index (κ2) is 14.8. The number of nitrogens with zero attached hydrogens (tertiary/aromatic N) is 4. The fourth-order valence-corrected chi connectivity index (χ4v) is 6.37. The van der Waals surface area contributed by atoms with Crippen LogP contribution in [0.25, 0.3) is 0 Å². The molecule has 0 saturated heterocycles. The summed E-state index contributed by atoms with van der Waals surface area (Å²) in [5, 5.41) is 17.8. The molecule has 2 aliphatic rings. The van der Waals surface area contributed by atoms with Gasteiger partial charge in [0.15, 0.2) is 11.6 Å². The van der Waals surface area contributed by atoms with Crippen LogP contribution in [0.1, 0.15) is 114 Å². The van der Waals surface area contributed by atoms with Crippen molar-refractivity contribution in [1.82, 2.24) is 0 Å². The molecular formula is C46H58N4O2. The van der Waals surface area contributed by atoms with Crippen molar-refractivity contribution >= 4 is 22.9 Å². The summed E-state index contributed by atoms with van der Waals surface area (Å²) < 4.78 is 0. The molecule has 2 aliphatic carbocycles. The molecule has 0 amide bonds. The van der Waals surface area contributed by atoms with Gasteiger partial charge in [0.25, 0.3) is 0 Å². The summed E-state index contributed by atoms with van der Waals surface area (Å²) in [5.74, 6) is 0.212. The Balaban J connectivity index is 1.53. The van der Waals surface area contributed by atoms with Gasteiger partial charge in [-0.25, -0.2) is 0 Å². The average Bonchev–Trinajstić information content (AvgIpc) is 3.04. The minimum absolute atomic E-state index is 0.106. The quantitative estimate of drug-likeness (QED) is 0.270. The highest BCUT2D eigenvalue weighted by Gasteiger charge is 2.35. The Morgan fingerprint density at radius 2 is 0.731 bits per heavy atom. The van der Waals surface area contributed by atoms with E-state index in [0.717, 1.165) is 51.2 Å². The first-order valence-electron chi connectivity index (χ1n) is 18.4. The number of Topliss-reactive ketones (excluding diaryl/α,β-unsaturated/α-hetero) is 2. The van der Waals surface area contributed by atoms with Crippen molar-refractivity contribution in [1.29, 1.82) is 0 Å². The molecule has 0 aliphatic heterocycles. The van der Waals surface area contributed by atoms with E-state index < -0.39 is 0 Å². The van der Waals surface area contributed by atoms with Gasteiger partial charge in [-0.05, 0) is 98.9 Å². The van der Waals surface area contributed by atoms with Gasteiger partial charge in [-0.15, -0.1) is 0 Å². The van der Waals surface area contributed by atoms with Crippen LogP contribution in [0.2, 0.25) is 0 Å². The Kier molecular flexibility index (Phi) is 11.4. The molecule has 274 valence electrons. The van der Waals surface area contributed by atoms with E-state index in [1.54, 1.807) is 12.4 Å². The molecule has 0 N–H and O–H groups in total. The summed E-state index contributed by atoms with van der Waals surface area (Å²) in [6.45, 7) is 29.2. The molecule has 0 unspecified atom stereocenters. The molecule has 4 rings (SSSR count). The maximum atomic E-state index is 13.2. The Morgan fingerprint density at radius 3 is 0.962 bits per heavy atom. The van der Waals surface area contributed by atoms with Gasteiger partial charge in [0, 0.05) is 27.7 Å². The summed E-state index contributed by atoms with van der Waals surface area (Å²) in [4.78, 5) is 26.5. The van der Waals surface area contributed by atoms with E-state index in [0.29, 0.717) is 0 Å². The summed E-state index contributed by atoms with van der Waals surface area (Å²) >= 11 is 0. The van der Waals surface area contributed by atoms with E-state index >= 15 is 0 Å². The molecule has 6 nitrogen and oxygen atoms in total. The fraction of sp³-hybridized carbons (Fsp3) is 0.435. The standard InChI is InChI=1S/C46H58N4O2/c1-15-46(14,32-16-20-34(21-17-32)49-47-28-30-24-36(42(2,3)4)40(51)37(25-30)43(5,6)7)33-18-22-35(23-19-33)50-48-29-31-26-38(44(8,9)10)41(52)39(27-31)45(11,12)13/h16-29H,15H2,1-14H3. The molecule has 2 aromatic carbocycles. The molecule has 0 saturated carbocycles. The zero-order chi connectivity index (χ0) is 38.9. The van der Waals surface area contributed by atoms with Crippen LogP contribution in [0.5, 0.6) is 0 Å². The van der Waals surface area contributed by atoms with Crippen LogP contribution in [0.15, 0.2) is 139 Å². The first-order chi connectivity index (χ1) is 23.9. The lowest BCUT2D eigenvalue weighted by atomic mass is 9.72. The average molecular weight is 699 g/mol. The van der Waals surface area contributed by atoms with Crippen molar-refractivity contribution in [3.63, 3.8) is 0 Å². The highest BCUT2D eigenvalue weighted by molar-refractivity contribution is 6.12. The van der Waals surface area contributed by atoms with E-state index in [-0.39, 0.29) is 38.6 Å². The van der Waals surface area contributed by atoms with Crippen LogP contribution in [-0.2, 0) is 15.0 Å². The van der Waals surface area contributed by atoms with E-state index in [9.17, 15) is 9.59 Å². The topological polar surface area (TPSA) is 83.6 Å². The van der Waals surface area contributed by atoms with Crippen LogP contribution in [0.3, 0.4) is 0 Å². The van der Waals surface area contributed by atoms with Crippen molar-refractivity contribution < 1.29 is 9.59 Å². The molecule has 0 atom stereocenters. The van der Waals surface area contributed by atoms with Gasteiger partial charge in [-0.3, -0.25) is 9.59 Å². The molecule has 0 radical (unpaired) electrons. The number of ketones is 2. The third kappa shape index (κ3) is 9.25. The first-order valence-corrected chi connectivity index (χ1v) is 18.4. The predicted octanol–water partition coefficient (Wildman–Crippen LogP) is 13.4. The lowest BCUT2D eigenvalue weighted by molar-refractivity contribution is -0.114. The molecule has 0 heterocycles. The Bertz CT molecular complexity index is 1740. The van der Waals surface area contributed by atoms with Crippen LogP contribution in [0.4, 0.5) is 11.4 Å². The summed E-state index contributed by atoms with van der Waals surface area (Å²) in [7, 11) is 0. The largest absolute Gasteiger partial charge is 0.289 e. The molecule has 6 heteroatoms. The second-order valence-electron chi connectivity index (χ2n) is 18.4. The summed E-state index contributed by atoms with van der Waals surface area (Å²) in [6.07, 6.45) is 12.1. The third-order valence-corrected chi connectivity index (χ3v) is 9.93. The number of azo groups is 2. The van der Waals surface area contributed by atoms with Crippen molar-refractivity contribution in [2.45, 2.75) is 109 Å². The highest BCUT2D eigenvalue weighted by atomic mass is 16.1. The maximum absolute atomic E-state index is 13.2. The van der Waals surface area contributed by atoms with Gasteiger partial charge < -0.3 is 0 Å². The second-order valence-corrected chi connectivity index (χ2v) is 18.4. The normalized spacial score (nSPS) is 17.6. The van der Waals surface area contributed by atoms with Crippen LogP contribution in [-0.4, -0.2) is 11.6 Å². The number of benzene rings is 2. The maximum Gasteiger partial charge on any atom is 0.186 e. The number of carbonyl (C=O) groups is 2. The van der Waals surface area contributed by atoms with Gasteiger partial charge in [0.1, 0.15) is 0 Å². The minimum atomic E-state index is -0.274. The van der Waals surface area contributed by atoms with Crippen LogP contribution < -0.4 is 0 Å².